The third-order valence-electron chi connectivity index (χ3n) is 5.09. The molecular formula is C21H21N3O4S. The molecule has 0 bridgehead atoms. The Morgan fingerprint density at radius 3 is 2.66 bits per heavy atom. The summed E-state index contributed by atoms with van der Waals surface area (Å²) in [7, 11) is 3.23. The Bertz CT molecular complexity index is 1160. The van der Waals surface area contributed by atoms with Gasteiger partial charge in [-0.25, -0.2) is 9.78 Å². The van der Waals surface area contributed by atoms with Crippen molar-refractivity contribution in [2.75, 3.05) is 14.1 Å². The number of carbonyl (C=O) groups is 2. The molecule has 0 N–H and O–H groups in total. The van der Waals surface area contributed by atoms with Crippen LogP contribution in [0.3, 0.4) is 0 Å². The maximum atomic E-state index is 13.0. The lowest BCUT2D eigenvalue weighted by Crippen LogP contribution is -2.31. The molecule has 7 nitrogen and oxygen atoms in total. The number of carbonyl (C=O) groups excluding carboxylic acids is 2. The van der Waals surface area contributed by atoms with Gasteiger partial charge in [-0.3, -0.25) is 14.2 Å². The Morgan fingerprint density at radius 1 is 1.24 bits per heavy atom. The molecule has 150 valence electrons. The van der Waals surface area contributed by atoms with E-state index in [0.717, 1.165) is 30.0 Å². The van der Waals surface area contributed by atoms with Crippen LogP contribution in [0.2, 0.25) is 0 Å². The average Bonchev–Trinajstić information content (AvgIpc) is 3.31. The van der Waals surface area contributed by atoms with E-state index in [1.165, 1.54) is 4.90 Å². The Balaban J connectivity index is 1.73. The Labute approximate surface area is 171 Å². The minimum atomic E-state index is -1.05. The van der Waals surface area contributed by atoms with E-state index in [0.29, 0.717) is 32.8 Å². The summed E-state index contributed by atoms with van der Waals surface area (Å²) in [5.74, 6) is -0.201. The summed E-state index contributed by atoms with van der Waals surface area (Å²) >= 11 is 1.15. The number of rotatable bonds is 4. The Hall–Kier alpha value is -3.00. The fraction of sp³-hybridized carbons (Fsp3) is 0.333. The molecule has 0 fully saturated rings. The molecule has 1 atom stereocenters. The summed E-state index contributed by atoms with van der Waals surface area (Å²) in [4.78, 5) is 45.3. The number of hydrogen-bond acceptors (Lipinski definition) is 6. The third kappa shape index (κ3) is 3.33. The van der Waals surface area contributed by atoms with Gasteiger partial charge in [0.15, 0.2) is 0 Å². The smallest absolute Gasteiger partial charge is 0.349 e. The van der Waals surface area contributed by atoms with Gasteiger partial charge in [0.25, 0.3) is 11.5 Å². The molecule has 29 heavy (non-hydrogen) atoms. The first-order valence-corrected chi connectivity index (χ1v) is 10.2. The summed E-state index contributed by atoms with van der Waals surface area (Å²) in [6, 6.07) is 8.90. The molecule has 4 rings (SSSR count). The van der Waals surface area contributed by atoms with Gasteiger partial charge in [-0.1, -0.05) is 30.3 Å². The minimum absolute atomic E-state index is 0.112. The van der Waals surface area contributed by atoms with Crippen molar-refractivity contribution in [1.29, 1.82) is 0 Å². The number of benzene rings is 1. The Kier molecular flexibility index (Phi) is 4.96. The molecule has 8 heteroatoms. The molecule has 0 unspecified atom stereocenters. The molecule has 1 aliphatic heterocycles. The van der Waals surface area contributed by atoms with Crippen molar-refractivity contribution in [1.82, 2.24) is 14.5 Å². The molecule has 0 spiro atoms. The lowest BCUT2D eigenvalue weighted by molar-refractivity contribution is -0.138. The standard InChI is InChI=1S/C21H21N3O4S/c1-12-15-18(22-14-10-7-11-24(14)19(15)25)29-17(12)21(27)28-16(20(26)23(2)3)13-8-5-4-6-9-13/h4-6,8-9,16H,7,10-11H2,1-3H3/t16-/m0/s1. The summed E-state index contributed by atoms with van der Waals surface area (Å²) in [5, 5.41) is 0.461. The fourth-order valence-corrected chi connectivity index (χ4v) is 4.63. The molecule has 0 saturated carbocycles. The monoisotopic (exact) mass is 411 g/mol. The largest absolute Gasteiger partial charge is 0.443 e. The van der Waals surface area contributed by atoms with E-state index in [2.05, 4.69) is 4.98 Å². The van der Waals surface area contributed by atoms with E-state index in [1.54, 1.807) is 49.9 Å². The van der Waals surface area contributed by atoms with Crippen molar-refractivity contribution in [3.05, 3.63) is 62.5 Å². The van der Waals surface area contributed by atoms with E-state index in [4.69, 9.17) is 4.74 Å². The maximum Gasteiger partial charge on any atom is 0.349 e. The highest BCUT2D eigenvalue weighted by Gasteiger charge is 2.30. The van der Waals surface area contributed by atoms with E-state index >= 15 is 0 Å². The van der Waals surface area contributed by atoms with Crippen molar-refractivity contribution < 1.29 is 14.3 Å². The summed E-state index contributed by atoms with van der Waals surface area (Å²) in [6.45, 7) is 2.38. The highest BCUT2D eigenvalue weighted by atomic mass is 32.1. The molecule has 0 radical (unpaired) electrons. The molecule has 3 aromatic rings. The first-order chi connectivity index (χ1) is 13.9. The summed E-state index contributed by atoms with van der Waals surface area (Å²) in [5.41, 5.74) is 1.04. The van der Waals surface area contributed by atoms with E-state index in [-0.39, 0.29) is 11.5 Å². The van der Waals surface area contributed by atoms with Crippen molar-refractivity contribution in [3.8, 4) is 0 Å². The predicted molar refractivity (Wildman–Crippen MR) is 110 cm³/mol. The van der Waals surface area contributed by atoms with Gasteiger partial charge in [0.2, 0.25) is 6.10 Å². The van der Waals surface area contributed by atoms with Crippen LogP contribution < -0.4 is 5.56 Å². The van der Waals surface area contributed by atoms with Gasteiger partial charge in [0.05, 0.1) is 5.39 Å². The number of aryl methyl sites for hydroxylation is 2. The van der Waals surface area contributed by atoms with Crippen LogP contribution in [-0.4, -0.2) is 40.4 Å². The second-order valence-corrected chi connectivity index (χ2v) is 8.25. The number of esters is 1. The van der Waals surface area contributed by atoms with Gasteiger partial charge in [-0.15, -0.1) is 11.3 Å². The molecule has 2 aromatic heterocycles. The van der Waals surface area contributed by atoms with Crippen molar-refractivity contribution in [2.24, 2.45) is 0 Å². The molecule has 0 saturated heterocycles. The van der Waals surface area contributed by atoms with Gasteiger partial charge in [0, 0.05) is 32.6 Å². The van der Waals surface area contributed by atoms with Gasteiger partial charge >= 0.3 is 5.97 Å². The molecule has 0 aliphatic carbocycles. The molecule has 3 heterocycles. The van der Waals surface area contributed by atoms with Crippen LogP contribution in [-0.2, 0) is 22.5 Å². The second-order valence-electron chi connectivity index (χ2n) is 7.25. The number of ether oxygens (including phenoxy) is 1. The highest BCUT2D eigenvalue weighted by molar-refractivity contribution is 7.20. The first-order valence-electron chi connectivity index (χ1n) is 9.38. The zero-order valence-corrected chi connectivity index (χ0v) is 17.3. The number of fused-ring (bicyclic) bond motifs is 2. The quantitative estimate of drug-likeness (QED) is 0.617. The lowest BCUT2D eigenvalue weighted by Gasteiger charge is -2.21. The molecule has 1 aromatic carbocycles. The topological polar surface area (TPSA) is 81.5 Å². The molecule has 1 amide bonds. The van der Waals surface area contributed by atoms with Crippen molar-refractivity contribution in [3.63, 3.8) is 0 Å². The number of likely N-dealkylation sites (N-methyl/N-ethyl adjacent to an activating group) is 1. The first kappa shape index (κ1) is 19.3. The van der Waals surface area contributed by atoms with E-state index in [1.807, 2.05) is 6.07 Å². The summed E-state index contributed by atoms with van der Waals surface area (Å²) < 4.78 is 7.32. The zero-order valence-electron chi connectivity index (χ0n) is 16.5. The normalized spacial score (nSPS) is 13.9. The number of nitrogens with zero attached hydrogens (tertiary/aromatic N) is 3. The van der Waals surface area contributed by atoms with Crippen LogP contribution in [0.25, 0.3) is 10.2 Å². The second kappa shape index (κ2) is 7.44. The van der Waals surface area contributed by atoms with Crippen LogP contribution >= 0.6 is 11.3 Å². The van der Waals surface area contributed by atoms with Gasteiger partial charge in [0.1, 0.15) is 15.5 Å². The average molecular weight is 411 g/mol. The highest BCUT2D eigenvalue weighted by Crippen LogP contribution is 2.31. The van der Waals surface area contributed by atoms with Gasteiger partial charge < -0.3 is 9.64 Å². The summed E-state index contributed by atoms with van der Waals surface area (Å²) in [6.07, 6.45) is 0.608. The van der Waals surface area contributed by atoms with Crippen molar-refractivity contribution >= 4 is 33.4 Å². The number of hydrogen-bond donors (Lipinski definition) is 0. The zero-order chi connectivity index (χ0) is 20.7. The predicted octanol–water partition coefficient (Wildman–Crippen LogP) is 2.70. The SMILES string of the molecule is Cc1c(C(=O)O[C@H](C(=O)N(C)C)c2ccccc2)sc2nc3n(c(=O)c12)CCC3. The maximum absolute atomic E-state index is 13.0. The van der Waals surface area contributed by atoms with E-state index in [9.17, 15) is 14.4 Å². The van der Waals surface area contributed by atoms with Crippen molar-refractivity contribution in [2.45, 2.75) is 32.4 Å². The van der Waals surface area contributed by atoms with Crippen LogP contribution in [0, 0.1) is 6.92 Å². The minimum Gasteiger partial charge on any atom is -0.443 e. The van der Waals surface area contributed by atoms with Crippen LogP contribution in [0.5, 0.6) is 0 Å². The number of amides is 1. The van der Waals surface area contributed by atoms with Gasteiger partial charge in [-0.2, -0.15) is 0 Å². The number of thiophene rings is 1. The van der Waals surface area contributed by atoms with Crippen LogP contribution in [0.1, 0.15) is 39.1 Å². The third-order valence-corrected chi connectivity index (χ3v) is 6.25. The molecule has 1 aliphatic rings. The fourth-order valence-electron chi connectivity index (χ4n) is 3.55. The Morgan fingerprint density at radius 2 is 1.97 bits per heavy atom. The van der Waals surface area contributed by atoms with Crippen LogP contribution in [0.15, 0.2) is 35.1 Å². The lowest BCUT2D eigenvalue weighted by atomic mass is 10.1. The number of aromatic nitrogens is 2. The molecular weight excluding hydrogens is 390 g/mol. The van der Waals surface area contributed by atoms with Crippen LogP contribution in [0.4, 0.5) is 0 Å². The van der Waals surface area contributed by atoms with E-state index < -0.39 is 12.1 Å². The van der Waals surface area contributed by atoms with Gasteiger partial charge in [-0.05, 0) is 18.9 Å².